The third-order valence-electron chi connectivity index (χ3n) is 7.12. The molecule has 0 N–H and O–H groups in total. The van der Waals surface area contributed by atoms with Gasteiger partial charge in [-0.15, -0.1) is 0 Å². The van der Waals surface area contributed by atoms with Crippen LogP contribution in [0, 0.1) is 0 Å². The van der Waals surface area contributed by atoms with Crippen LogP contribution in [0.3, 0.4) is 0 Å². The van der Waals surface area contributed by atoms with Gasteiger partial charge in [0.2, 0.25) is 0 Å². The molecule has 4 rings (SSSR count). The number of hydrogen-bond donors (Lipinski definition) is 0. The zero-order valence-electron chi connectivity index (χ0n) is 22.4. The summed E-state index contributed by atoms with van der Waals surface area (Å²) >= 11 is -2.39. The van der Waals surface area contributed by atoms with Crippen LogP contribution >= 0.6 is 0 Å². The van der Waals surface area contributed by atoms with Crippen molar-refractivity contribution >= 4 is 45.3 Å². The number of ether oxygens (including phenoxy) is 4. The van der Waals surface area contributed by atoms with E-state index in [1.54, 1.807) is 0 Å². The minimum absolute atomic E-state index is 0.191. The van der Waals surface area contributed by atoms with E-state index in [1.165, 1.54) is 8.87 Å². The molecule has 0 fully saturated rings. The second kappa shape index (κ2) is 13.6. The van der Waals surface area contributed by atoms with Gasteiger partial charge in [0, 0.05) is 0 Å². The van der Waals surface area contributed by atoms with E-state index >= 15 is 0 Å². The number of carbonyl (C=O) groups excluding carboxylic acids is 1. The molecule has 2 heterocycles. The summed E-state index contributed by atoms with van der Waals surface area (Å²) in [5.41, 5.74) is 1.93. The monoisotopic (exact) mass is 710 g/mol. The van der Waals surface area contributed by atoms with Gasteiger partial charge >= 0.3 is 232 Å². The normalized spacial score (nSPS) is 18.7. The molecule has 0 aromatic heterocycles. The van der Waals surface area contributed by atoms with Crippen LogP contribution in [0.2, 0.25) is 28.6 Å². The van der Waals surface area contributed by atoms with Gasteiger partial charge in [0.15, 0.2) is 0 Å². The van der Waals surface area contributed by atoms with Gasteiger partial charge in [0.1, 0.15) is 0 Å². The molecule has 0 bridgehead atoms. The van der Waals surface area contributed by atoms with Crippen molar-refractivity contribution in [1.29, 1.82) is 0 Å². The molecule has 7 heteroatoms. The predicted molar refractivity (Wildman–Crippen MR) is 151 cm³/mol. The fourth-order valence-electron chi connectivity index (χ4n) is 5.12. The first kappa shape index (κ1) is 27.9. The first-order valence-corrected chi connectivity index (χ1v) is 31.6. The Morgan fingerprint density at radius 3 is 1.64 bits per heavy atom. The van der Waals surface area contributed by atoms with Gasteiger partial charge in [0.05, 0.1) is 0 Å². The van der Waals surface area contributed by atoms with Crippen LogP contribution in [-0.2, 0) is 4.79 Å². The molecule has 2 aromatic rings. The van der Waals surface area contributed by atoms with E-state index in [0.29, 0.717) is 26.1 Å². The Morgan fingerprint density at radius 1 is 0.778 bits per heavy atom. The summed E-state index contributed by atoms with van der Waals surface area (Å²) in [4.78, 5) is 23.7. The van der Waals surface area contributed by atoms with Gasteiger partial charge in [-0.05, 0) is 0 Å². The molecular formula is C29H42O5Sn2. The van der Waals surface area contributed by atoms with Crippen LogP contribution in [0.4, 0.5) is 0 Å². The van der Waals surface area contributed by atoms with Crippen LogP contribution in [-0.4, -0.2) is 71.7 Å². The Labute approximate surface area is 230 Å². The Balaban J connectivity index is 1.48. The number of benzene rings is 2. The summed E-state index contributed by atoms with van der Waals surface area (Å²) < 4.78 is 26.7. The summed E-state index contributed by atoms with van der Waals surface area (Å²) in [5.74, 6) is 3.17. The third-order valence-corrected chi connectivity index (χ3v) is 16.0. The van der Waals surface area contributed by atoms with E-state index in [-0.39, 0.29) is 17.6 Å². The summed E-state index contributed by atoms with van der Waals surface area (Å²) in [5, 5.41) is 0. The molecule has 0 amide bonds. The molecule has 0 aliphatic carbocycles. The van der Waals surface area contributed by atoms with Gasteiger partial charge in [-0.25, -0.2) is 0 Å². The molecule has 5 nitrogen and oxygen atoms in total. The van der Waals surface area contributed by atoms with E-state index in [1.807, 2.05) is 36.4 Å². The summed E-state index contributed by atoms with van der Waals surface area (Å²) in [6.45, 7) is 2.60. The molecule has 0 spiro atoms. The number of ketones is 1. The third kappa shape index (κ3) is 7.48. The van der Waals surface area contributed by atoms with Crippen molar-refractivity contribution in [1.82, 2.24) is 0 Å². The average molecular weight is 708 g/mol. The molecule has 2 aliphatic rings. The topological polar surface area (TPSA) is 54.0 Å². The van der Waals surface area contributed by atoms with Crippen LogP contribution in [0.25, 0.3) is 0 Å². The second-order valence-corrected chi connectivity index (χ2v) is 30.2. The molecule has 196 valence electrons. The quantitative estimate of drug-likeness (QED) is 0.194. The standard InChI is InChI=1S/C25H28O5.4CH3.2Sn.2H/c1-3-11-27-17-5-7-23-21(15-17)19(9-13-29-23)25(26)20-10-14-30-24-8-6-18(16-22(20)24)28-12-4-2;;;;;;;;/h5-8,15-16,19-20H,1-4,9-14H2;4*1H3;;;;. The van der Waals surface area contributed by atoms with Crippen molar-refractivity contribution in [2.75, 3.05) is 26.4 Å². The summed E-state index contributed by atoms with van der Waals surface area (Å²) in [7, 11) is 0. The van der Waals surface area contributed by atoms with Crippen LogP contribution in [0.5, 0.6) is 23.0 Å². The van der Waals surface area contributed by atoms with E-state index in [9.17, 15) is 4.79 Å². The Kier molecular flexibility index (Phi) is 10.6. The zero-order valence-corrected chi connectivity index (χ0v) is 29.0. The SMILES string of the molecule is [CH3][SnH]([CH3])[CH2]CCOc1ccc2c(c1)C(C(=O)C1CCOc3ccc(OCC[CH2][SnH]([CH3])[CH3])cc31)CCO2. The molecule has 2 atom stereocenters. The molecule has 0 saturated heterocycles. The molecule has 2 unspecified atom stereocenters. The molecule has 0 radical (unpaired) electrons. The number of rotatable bonds is 12. The number of carbonyl (C=O) groups is 1. The van der Waals surface area contributed by atoms with Crippen molar-refractivity contribution in [3.63, 3.8) is 0 Å². The first-order valence-electron chi connectivity index (χ1n) is 13.7. The summed E-state index contributed by atoms with van der Waals surface area (Å²) in [6.07, 6.45) is 3.63. The van der Waals surface area contributed by atoms with Gasteiger partial charge < -0.3 is 0 Å². The van der Waals surface area contributed by atoms with Crippen molar-refractivity contribution in [2.24, 2.45) is 0 Å². The Bertz CT molecular complexity index is 943. The molecule has 0 saturated carbocycles. The minimum atomic E-state index is -1.19. The van der Waals surface area contributed by atoms with E-state index in [2.05, 4.69) is 19.8 Å². The fourth-order valence-corrected chi connectivity index (χ4v) is 10.7. The van der Waals surface area contributed by atoms with Gasteiger partial charge in [0.25, 0.3) is 0 Å². The zero-order chi connectivity index (χ0) is 25.5. The molecule has 2 aromatic carbocycles. The Hall–Kier alpha value is -1.09. The van der Waals surface area contributed by atoms with Crippen LogP contribution in [0.15, 0.2) is 36.4 Å². The van der Waals surface area contributed by atoms with Gasteiger partial charge in [-0.1, -0.05) is 0 Å². The van der Waals surface area contributed by atoms with Gasteiger partial charge in [-0.2, -0.15) is 0 Å². The van der Waals surface area contributed by atoms with Crippen LogP contribution < -0.4 is 18.9 Å². The predicted octanol–water partition coefficient (Wildman–Crippen LogP) is 6.20. The van der Waals surface area contributed by atoms with E-state index < -0.39 is 39.5 Å². The van der Waals surface area contributed by atoms with E-state index in [0.717, 1.165) is 60.2 Å². The van der Waals surface area contributed by atoms with Crippen molar-refractivity contribution in [3.05, 3.63) is 47.5 Å². The van der Waals surface area contributed by atoms with Crippen molar-refractivity contribution in [2.45, 2.75) is 66.2 Å². The number of Topliss-reactive ketones (excluding diaryl/α,β-unsaturated/α-hetero) is 1. The molecule has 36 heavy (non-hydrogen) atoms. The number of hydrogen-bond acceptors (Lipinski definition) is 5. The molecule has 2 aliphatic heterocycles. The van der Waals surface area contributed by atoms with Crippen molar-refractivity contribution in [3.8, 4) is 23.0 Å². The van der Waals surface area contributed by atoms with Crippen molar-refractivity contribution < 1.29 is 23.7 Å². The maximum absolute atomic E-state index is 14.0. The Morgan fingerprint density at radius 2 is 1.22 bits per heavy atom. The van der Waals surface area contributed by atoms with E-state index in [4.69, 9.17) is 18.9 Å². The first-order chi connectivity index (χ1) is 17.4. The maximum atomic E-state index is 14.0. The fraction of sp³-hybridized carbons (Fsp3) is 0.552. The summed E-state index contributed by atoms with van der Waals surface area (Å²) in [6, 6.07) is 12.0. The number of fused-ring (bicyclic) bond motifs is 2. The van der Waals surface area contributed by atoms with Gasteiger partial charge in [-0.3, -0.25) is 0 Å². The van der Waals surface area contributed by atoms with Crippen LogP contribution in [0.1, 0.15) is 48.6 Å². The molecular weight excluding hydrogens is 666 g/mol. The average Bonchev–Trinajstić information content (AvgIpc) is 2.87. The second-order valence-electron chi connectivity index (χ2n) is 11.0.